The molecule has 9 rings (SSSR count). The summed E-state index contributed by atoms with van der Waals surface area (Å²) in [5, 5.41) is 4.67. The van der Waals surface area contributed by atoms with Gasteiger partial charge in [0.05, 0.1) is 11.4 Å². The van der Waals surface area contributed by atoms with Gasteiger partial charge in [-0.1, -0.05) is 115 Å². The van der Waals surface area contributed by atoms with E-state index in [1.165, 1.54) is 25.7 Å². The van der Waals surface area contributed by atoms with E-state index in [-0.39, 0.29) is 0 Å². The molecule has 0 fully saturated rings. The van der Waals surface area contributed by atoms with E-state index in [2.05, 4.69) is 97.1 Å². The molecule has 4 heteroatoms. The summed E-state index contributed by atoms with van der Waals surface area (Å²) in [7, 11) is 0. The molecule has 0 aliphatic rings. The quantitative estimate of drug-likeness (QED) is 0.208. The van der Waals surface area contributed by atoms with Gasteiger partial charge in [-0.15, -0.1) is 11.3 Å². The molecule has 3 heterocycles. The molecule has 0 radical (unpaired) electrons. The van der Waals surface area contributed by atoms with Gasteiger partial charge in [0.25, 0.3) is 0 Å². The second-order valence-electron chi connectivity index (χ2n) is 11.0. The Morgan fingerprint density at radius 3 is 1.89 bits per heavy atom. The Bertz CT molecular complexity index is 2440. The first kappa shape index (κ1) is 25.0. The first-order valence-electron chi connectivity index (χ1n) is 14.7. The van der Waals surface area contributed by atoms with Crippen LogP contribution in [0.1, 0.15) is 0 Å². The van der Waals surface area contributed by atoms with Crippen LogP contribution < -0.4 is 0 Å². The van der Waals surface area contributed by atoms with Crippen LogP contribution in [0, 0.1) is 0 Å². The smallest absolute Gasteiger partial charge is 0.161 e. The zero-order valence-electron chi connectivity index (χ0n) is 23.6. The number of benzene rings is 6. The zero-order valence-corrected chi connectivity index (χ0v) is 24.4. The summed E-state index contributed by atoms with van der Waals surface area (Å²) < 4.78 is 9.12. The molecule has 0 spiro atoms. The van der Waals surface area contributed by atoms with Crippen LogP contribution in [0.3, 0.4) is 0 Å². The molecule has 0 amide bonds. The summed E-state index contributed by atoms with van der Waals surface area (Å²) in [6, 6.07) is 50.6. The third-order valence-electron chi connectivity index (χ3n) is 8.32. The molecule has 3 aromatic heterocycles. The lowest BCUT2D eigenvalue weighted by Gasteiger charge is -2.10. The first-order chi connectivity index (χ1) is 21.8. The highest BCUT2D eigenvalue weighted by molar-refractivity contribution is 7.26. The Balaban J connectivity index is 1.24. The fourth-order valence-electron chi connectivity index (χ4n) is 6.24. The number of rotatable bonds is 4. The van der Waals surface area contributed by atoms with Gasteiger partial charge in [0.2, 0.25) is 0 Å². The van der Waals surface area contributed by atoms with Gasteiger partial charge < -0.3 is 4.42 Å². The highest BCUT2D eigenvalue weighted by atomic mass is 32.1. The normalized spacial score (nSPS) is 11.6. The van der Waals surface area contributed by atoms with Crippen molar-refractivity contribution in [2.24, 2.45) is 0 Å². The Hall–Kier alpha value is -5.58. The van der Waals surface area contributed by atoms with Crippen LogP contribution in [-0.2, 0) is 0 Å². The minimum Gasteiger partial charge on any atom is -0.456 e. The highest BCUT2D eigenvalue weighted by Gasteiger charge is 2.18. The number of hydrogen-bond donors (Lipinski definition) is 0. The van der Waals surface area contributed by atoms with Gasteiger partial charge in [0, 0.05) is 47.6 Å². The van der Waals surface area contributed by atoms with E-state index in [0.717, 1.165) is 55.6 Å². The molecule has 6 aromatic carbocycles. The Labute approximate surface area is 257 Å². The molecule has 9 aromatic rings. The van der Waals surface area contributed by atoms with E-state index < -0.39 is 0 Å². The van der Waals surface area contributed by atoms with Crippen molar-refractivity contribution in [3.63, 3.8) is 0 Å². The summed E-state index contributed by atoms with van der Waals surface area (Å²) >= 11 is 1.85. The van der Waals surface area contributed by atoms with Crippen LogP contribution in [0.5, 0.6) is 0 Å². The summed E-state index contributed by atoms with van der Waals surface area (Å²) in [6.45, 7) is 0. The van der Waals surface area contributed by atoms with Crippen molar-refractivity contribution in [2.75, 3.05) is 0 Å². The van der Waals surface area contributed by atoms with E-state index >= 15 is 0 Å². The Morgan fingerprint density at radius 1 is 0.455 bits per heavy atom. The second-order valence-corrected chi connectivity index (χ2v) is 12.0. The second kappa shape index (κ2) is 10.0. The highest BCUT2D eigenvalue weighted by Crippen LogP contribution is 2.42. The van der Waals surface area contributed by atoms with Gasteiger partial charge in [-0.25, -0.2) is 9.97 Å². The fourth-order valence-corrected chi connectivity index (χ4v) is 7.47. The van der Waals surface area contributed by atoms with Crippen LogP contribution in [0.2, 0.25) is 0 Å². The molecule has 0 atom stereocenters. The van der Waals surface area contributed by atoms with Crippen molar-refractivity contribution in [1.29, 1.82) is 0 Å². The molecule has 0 bridgehead atoms. The molecule has 0 aliphatic heterocycles. The van der Waals surface area contributed by atoms with Crippen molar-refractivity contribution < 1.29 is 4.42 Å². The molecule has 0 aliphatic carbocycles. The summed E-state index contributed by atoms with van der Waals surface area (Å²) in [4.78, 5) is 10.2. The maximum atomic E-state index is 6.53. The van der Waals surface area contributed by atoms with Gasteiger partial charge in [0.15, 0.2) is 5.82 Å². The third-order valence-corrected chi connectivity index (χ3v) is 9.54. The molecule has 0 saturated carbocycles. The van der Waals surface area contributed by atoms with E-state index in [0.29, 0.717) is 5.82 Å². The molecule has 0 N–H and O–H groups in total. The summed E-state index contributed by atoms with van der Waals surface area (Å²) in [5.41, 5.74) is 8.87. The van der Waals surface area contributed by atoms with Crippen LogP contribution in [-0.4, -0.2) is 9.97 Å². The number of hydrogen-bond acceptors (Lipinski definition) is 4. The van der Waals surface area contributed by atoms with E-state index in [1.807, 2.05) is 59.9 Å². The van der Waals surface area contributed by atoms with Crippen molar-refractivity contribution in [3.8, 4) is 45.0 Å². The molecule has 44 heavy (non-hydrogen) atoms. The lowest BCUT2D eigenvalue weighted by atomic mass is 10.00. The van der Waals surface area contributed by atoms with E-state index in [9.17, 15) is 0 Å². The Morgan fingerprint density at radius 2 is 1.11 bits per heavy atom. The molecule has 206 valence electrons. The number of furan rings is 1. The van der Waals surface area contributed by atoms with E-state index in [4.69, 9.17) is 14.4 Å². The minimum absolute atomic E-state index is 0.678. The number of aromatic nitrogens is 2. The maximum Gasteiger partial charge on any atom is 0.161 e. The molecule has 0 saturated heterocycles. The zero-order chi connectivity index (χ0) is 29.0. The van der Waals surface area contributed by atoms with Gasteiger partial charge in [-0.05, 0) is 41.5 Å². The van der Waals surface area contributed by atoms with Crippen LogP contribution >= 0.6 is 11.3 Å². The number of nitrogens with zero attached hydrogens (tertiary/aromatic N) is 2. The van der Waals surface area contributed by atoms with E-state index in [1.54, 1.807) is 0 Å². The van der Waals surface area contributed by atoms with Gasteiger partial charge in [-0.3, -0.25) is 0 Å². The average molecular weight is 581 g/mol. The first-order valence-corrected chi connectivity index (χ1v) is 15.5. The summed E-state index contributed by atoms with van der Waals surface area (Å²) in [6.07, 6.45) is 0. The number of fused-ring (bicyclic) bond motifs is 6. The van der Waals surface area contributed by atoms with Crippen LogP contribution in [0.15, 0.2) is 150 Å². The standard InChI is InChI=1S/C40H24N2OS/c1-3-11-25(12-4-1)33-24-34(26-13-5-2-6-14-26)42-40(41-33)32-18-10-19-35-38(32)31-22-21-27(23-36(31)43-35)28-16-9-17-30-29-15-7-8-20-37(29)44-39(28)30/h1-24H. The fraction of sp³-hybridized carbons (Fsp3) is 0. The summed E-state index contributed by atoms with van der Waals surface area (Å²) in [5.74, 6) is 0.678. The van der Waals surface area contributed by atoms with Crippen molar-refractivity contribution in [1.82, 2.24) is 9.97 Å². The van der Waals surface area contributed by atoms with Crippen LogP contribution in [0.25, 0.3) is 87.1 Å². The molecular formula is C40H24N2OS. The maximum absolute atomic E-state index is 6.53. The topological polar surface area (TPSA) is 38.9 Å². The minimum atomic E-state index is 0.678. The largest absolute Gasteiger partial charge is 0.456 e. The van der Waals surface area contributed by atoms with Gasteiger partial charge in [-0.2, -0.15) is 0 Å². The lowest BCUT2D eigenvalue weighted by molar-refractivity contribution is 0.669. The predicted molar refractivity (Wildman–Crippen MR) is 184 cm³/mol. The molecule has 3 nitrogen and oxygen atoms in total. The number of thiophene rings is 1. The lowest BCUT2D eigenvalue weighted by Crippen LogP contribution is -1.96. The van der Waals surface area contributed by atoms with Crippen LogP contribution in [0.4, 0.5) is 0 Å². The average Bonchev–Trinajstić information content (AvgIpc) is 3.67. The molecular weight excluding hydrogens is 557 g/mol. The molecule has 0 unspecified atom stereocenters. The predicted octanol–water partition coefficient (Wildman–Crippen LogP) is 11.4. The van der Waals surface area contributed by atoms with Crippen molar-refractivity contribution in [2.45, 2.75) is 0 Å². The van der Waals surface area contributed by atoms with Gasteiger partial charge >= 0.3 is 0 Å². The monoisotopic (exact) mass is 580 g/mol. The third kappa shape index (κ3) is 4.03. The van der Waals surface area contributed by atoms with Gasteiger partial charge in [0.1, 0.15) is 11.2 Å². The van der Waals surface area contributed by atoms with Crippen molar-refractivity contribution in [3.05, 3.63) is 146 Å². The van der Waals surface area contributed by atoms with Crippen molar-refractivity contribution >= 4 is 53.4 Å². The SMILES string of the molecule is c1ccc(-c2cc(-c3ccccc3)nc(-c3cccc4oc5cc(-c6cccc7c6sc6ccccc67)ccc5c34)n2)cc1. The Kier molecular flexibility index (Phi) is 5.68.